The number of thiophene rings is 1. The Labute approximate surface area is 110 Å². The van der Waals surface area contributed by atoms with Gasteiger partial charge < -0.3 is 5.32 Å². The normalized spacial score (nSPS) is 10.7. The van der Waals surface area contributed by atoms with Gasteiger partial charge in [0.05, 0.1) is 17.2 Å². The van der Waals surface area contributed by atoms with Gasteiger partial charge in [-0.15, -0.1) is 11.3 Å². The Morgan fingerprint density at radius 3 is 2.78 bits per heavy atom. The van der Waals surface area contributed by atoms with Crippen LogP contribution < -0.4 is 5.32 Å². The molecule has 0 saturated carbocycles. The minimum absolute atomic E-state index is 0.838. The maximum absolute atomic E-state index is 4.52. The van der Waals surface area contributed by atoms with Gasteiger partial charge in [0.25, 0.3) is 0 Å². The smallest absolute Gasteiger partial charge is 0.145 e. The Morgan fingerprint density at radius 1 is 1.06 bits per heavy atom. The van der Waals surface area contributed by atoms with Crippen LogP contribution in [0.1, 0.15) is 4.88 Å². The van der Waals surface area contributed by atoms with Gasteiger partial charge in [-0.1, -0.05) is 18.2 Å². The second kappa shape index (κ2) is 5.14. The van der Waals surface area contributed by atoms with Gasteiger partial charge in [0, 0.05) is 11.4 Å². The predicted molar refractivity (Wildman–Crippen MR) is 76.1 cm³/mol. The summed E-state index contributed by atoms with van der Waals surface area (Å²) in [4.78, 5) is 10.3. The average molecular weight is 255 g/mol. The fraction of sp³-hybridized carbons (Fsp3) is 0.143. The van der Waals surface area contributed by atoms with Crippen LogP contribution in [0.2, 0.25) is 0 Å². The summed E-state index contributed by atoms with van der Waals surface area (Å²) in [7, 11) is 0. The van der Waals surface area contributed by atoms with Gasteiger partial charge in [0.1, 0.15) is 5.82 Å². The molecule has 0 unspecified atom stereocenters. The molecule has 1 aromatic carbocycles. The zero-order valence-corrected chi connectivity index (χ0v) is 10.7. The van der Waals surface area contributed by atoms with E-state index in [0.29, 0.717) is 0 Å². The van der Waals surface area contributed by atoms with E-state index in [1.54, 1.807) is 17.5 Å². The standard InChI is InChI=1S/C14H13N3S/c1-2-6-13-12(5-1)16-10-14(17-13)15-8-7-11-4-3-9-18-11/h1-6,9-10H,7-8H2,(H,15,17). The molecule has 3 rings (SSSR count). The van der Waals surface area contributed by atoms with Crippen molar-refractivity contribution < 1.29 is 0 Å². The van der Waals surface area contributed by atoms with Crippen LogP contribution in [0.4, 0.5) is 5.82 Å². The van der Waals surface area contributed by atoms with Gasteiger partial charge in [-0.05, 0) is 30.0 Å². The second-order valence-corrected chi connectivity index (χ2v) is 5.03. The van der Waals surface area contributed by atoms with Crippen molar-refractivity contribution >= 4 is 28.2 Å². The lowest BCUT2D eigenvalue weighted by Crippen LogP contribution is -2.05. The molecule has 3 nitrogen and oxygen atoms in total. The van der Waals surface area contributed by atoms with Gasteiger partial charge in [0.15, 0.2) is 0 Å². The quantitative estimate of drug-likeness (QED) is 0.777. The number of rotatable bonds is 4. The van der Waals surface area contributed by atoms with Gasteiger partial charge in [-0.25, -0.2) is 4.98 Å². The fourth-order valence-electron chi connectivity index (χ4n) is 1.81. The van der Waals surface area contributed by atoms with E-state index in [2.05, 4.69) is 32.8 Å². The third-order valence-corrected chi connectivity index (χ3v) is 3.64. The van der Waals surface area contributed by atoms with E-state index in [9.17, 15) is 0 Å². The average Bonchev–Trinajstić information content (AvgIpc) is 2.92. The summed E-state index contributed by atoms with van der Waals surface area (Å²) in [6.45, 7) is 0.882. The predicted octanol–water partition coefficient (Wildman–Crippen LogP) is 3.35. The highest BCUT2D eigenvalue weighted by Crippen LogP contribution is 2.12. The minimum atomic E-state index is 0.838. The summed E-state index contributed by atoms with van der Waals surface area (Å²) in [5.41, 5.74) is 1.86. The largest absolute Gasteiger partial charge is 0.368 e. The summed E-state index contributed by atoms with van der Waals surface area (Å²) in [6.07, 6.45) is 2.81. The Kier molecular flexibility index (Phi) is 3.19. The van der Waals surface area contributed by atoms with Crippen molar-refractivity contribution in [2.75, 3.05) is 11.9 Å². The maximum Gasteiger partial charge on any atom is 0.145 e. The van der Waals surface area contributed by atoms with Crippen molar-refractivity contribution in [1.29, 1.82) is 0 Å². The number of nitrogens with zero attached hydrogens (tertiary/aromatic N) is 2. The molecule has 0 radical (unpaired) electrons. The molecule has 90 valence electrons. The van der Waals surface area contributed by atoms with E-state index in [4.69, 9.17) is 0 Å². The first-order valence-corrected chi connectivity index (χ1v) is 6.78. The van der Waals surface area contributed by atoms with Gasteiger partial charge in [0.2, 0.25) is 0 Å². The molecule has 2 heterocycles. The third-order valence-electron chi connectivity index (χ3n) is 2.71. The molecule has 0 amide bonds. The highest BCUT2D eigenvalue weighted by atomic mass is 32.1. The third kappa shape index (κ3) is 2.49. The van der Waals surface area contributed by atoms with Crippen molar-refractivity contribution in [3.8, 4) is 0 Å². The van der Waals surface area contributed by atoms with Crippen LogP contribution in [0.15, 0.2) is 48.0 Å². The second-order valence-electron chi connectivity index (χ2n) is 4.00. The number of para-hydroxylation sites is 2. The van der Waals surface area contributed by atoms with Crippen molar-refractivity contribution in [3.63, 3.8) is 0 Å². The highest BCUT2D eigenvalue weighted by molar-refractivity contribution is 7.09. The van der Waals surface area contributed by atoms with E-state index < -0.39 is 0 Å². The number of anilines is 1. The van der Waals surface area contributed by atoms with Crippen molar-refractivity contribution in [1.82, 2.24) is 9.97 Å². The lowest BCUT2D eigenvalue weighted by atomic mass is 10.3. The van der Waals surface area contributed by atoms with E-state index in [0.717, 1.165) is 29.8 Å². The van der Waals surface area contributed by atoms with E-state index in [1.807, 2.05) is 24.3 Å². The van der Waals surface area contributed by atoms with E-state index in [-0.39, 0.29) is 0 Å². The molecule has 4 heteroatoms. The summed E-state index contributed by atoms with van der Waals surface area (Å²) in [5, 5.41) is 5.41. The fourth-order valence-corrected chi connectivity index (χ4v) is 2.52. The van der Waals surface area contributed by atoms with Crippen molar-refractivity contribution in [2.24, 2.45) is 0 Å². The first kappa shape index (κ1) is 11.2. The molecule has 0 bridgehead atoms. The zero-order chi connectivity index (χ0) is 12.2. The molecule has 0 spiro atoms. The Balaban J connectivity index is 1.67. The number of hydrogen-bond donors (Lipinski definition) is 1. The zero-order valence-electron chi connectivity index (χ0n) is 9.84. The Hall–Kier alpha value is -1.94. The summed E-state index contributed by atoms with van der Waals surface area (Å²) >= 11 is 1.78. The molecule has 0 fully saturated rings. The monoisotopic (exact) mass is 255 g/mol. The van der Waals surface area contributed by atoms with Crippen LogP contribution in [0, 0.1) is 0 Å². The van der Waals surface area contributed by atoms with Crippen LogP contribution in [0.25, 0.3) is 11.0 Å². The Bertz CT molecular complexity index is 634. The number of hydrogen-bond acceptors (Lipinski definition) is 4. The van der Waals surface area contributed by atoms with Crippen LogP contribution in [0.3, 0.4) is 0 Å². The summed E-state index contributed by atoms with van der Waals surface area (Å²) < 4.78 is 0. The molecule has 0 saturated heterocycles. The molecule has 3 aromatic rings. The van der Waals surface area contributed by atoms with Crippen LogP contribution in [-0.4, -0.2) is 16.5 Å². The topological polar surface area (TPSA) is 37.8 Å². The SMILES string of the molecule is c1csc(CCNc2cnc3ccccc3n2)c1. The molecule has 18 heavy (non-hydrogen) atoms. The Morgan fingerprint density at radius 2 is 1.94 bits per heavy atom. The number of aromatic nitrogens is 2. The first-order valence-electron chi connectivity index (χ1n) is 5.90. The summed E-state index contributed by atoms with van der Waals surface area (Å²) in [6, 6.07) is 12.1. The van der Waals surface area contributed by atoms with Crippen LogP contribution in [0.5, 0.6) is 0 Å². The maximum atomic E-state index is 4.52. The van der Waals surface area contributed by atoms with Crippen LogP contribution in [-0.2, 0) is 6.42 Å². The molecular weight excluding hydrogens is 242 g/mol. The van der Waals surface area contributed by atoms with E-state index in [1.165, 1.54) is 4.88 Å². The molecule has 0 aliphatic rings. The molecule has 2 aromatic heterocycles. The minimum Gasteiger partial charge on any atom is -0.368 e. The first-order chi connectivity index (χ1) is 8.92. The highest BCUT2D eigenvalue weighted by Gasteiger charge is 1.99. The van der Waals surface area contributed by atoms with E-state index >= 15 is 0 Å². The lowest BCUT2D eigenvalue weighted by molar-refractivity contribution is 1.03. The lowest BCUT2D eigenvalue weighted by Gasteiger charge is -2.05. The molecule has 0 atom stereocenters. The van der Waals surface area contributed by atoms with Gasteiger partial charge in [-0.2, -0.15) is 0 Å². The molecule has 0 aliphatic heterocycles. The van der Waals surface area contributed by atoms with Crippen molar-refractivity contribution in [2.45, 2.75) is 6.42 Å². The number of nitrogens with one attached hydrogen (secondary N) is 1. The molecule has 0 aliphatic carbocycles. The van der Waals surface area contributed by atoms with Gasteiger partial charge in [-0.3, -0.25) is 4.98 Å². The summed E-state index contributed by atoms with van der Waals surface area (Å²) in [5.74, 6) is 0.838. The van der Waals surface area contributed by atoms with Crippen LogP contribution >= 0.6 is 11.3 Å². The number of fused-ring (bicyclic) bond motifs is 1. The molecular formula is C14H13N3S. The van der Waals surface area contributed by atoms with Gasteiger partial charge >= 0.3 is 0 Å². The number of benzene rings is 1. The molecule has 1 N–H and O–H groups in total. The van der Waals surface area contributed by atoms with Crippen molar-refractivity contribution in [3.05, 3.63) is 52.9 Å².